The average molecular weight is 457 g/mol. The number of hydrogen-bond acceptors (Lipinski definition) is 5. The van der Waals surface area contributed by atoms with Crippen molar-refractivity contribution in [3.05, 3.63) is 70.7 Å². The van der Waals surface area contributed by atoms with Crippen LogP contribution in [0.15, 0.2) is 53.7 Å². The maximum Gasteiger partial charge on any atom is 0.338 e. The lowest BCUT2D eigenvalue weighted by molar-refractivity contribution is -0.139. The predicted octanol–water partition coefficient (Wildman–Crippen LogP) is 4.77. The lowest BCUT2D eigenvalue weighted by Gasteiger charge is -2.30. The summed E-state index contributed by atoms with van der Waals surface area (Å²) in [5.41, 5.74) is 1.71. The highest BCUT2D eigenvalue weighted by atomic mass is 19.1. The second-order valence-corrected chi connectivity index (χ2v) is 7.51. The summed E-state index contributed by atoms with van der Waals surface area (Å²) in [6.07, 6.45) is 2.20. The molecule has 0 bridgehead atoms. The van der Waals surface area contributed by atoms with E-state index in [-0.39, 0.29) is 13.2 Å². The molecule has 2 N–H and O–H groups in total. The Morgan fingerprint density at radius 2 is 1.91 bits per heavy atom. The number of allylic oxidation sites excluding steroid dienone is 1. The molecule has 0 spiro atoms. The molecule has 0 aromatic heterocycles. The summed E-state index contributed by atoms with van der Waals surface area (Å²) in [4.78, 5) is 25.5. The lowest BCUT2D eigenvalue weighted by Crippen LogP contribution is -2.46. The van der Waals surface area contributed by atoms with Crippen LogP contribution in [-0.2, 0) is 16.1 Å². The number of nitrogens with one attached hydrogen (secondary N) is 2. The summed E-state index contributed by atoms with van der Waals surface area (Å²) < 4.78 is 31.0. The summed E-state index contributed by atoms with van der Waals surface area (Å²) in [6.45, 7) is 3.89. The van der Waals surface area contributed by atoms with E-state index in [0.717, 1.165) is 12.8 Å². The van der Waals surface area contributed by atoms with Crippen LogP contribution in [0.2, 0.25) is 0 Å². The number of carbonyl (C=O) groups excluding carboxylic acids is 2. The van der Waals surface area contributed by atoms with Crippen LogP contribution in [0.5, 0.6) is 11.5 Å². The summed E-state index contributed by atoms with van der Waals surface area (Å²) in [5.74, 6) is -0.205. The van der Waals surface area contributed by atoms with Crippen LogP contribution >= 0.6 is 0 Å². The summed E-state index contributed by atoms with van der Waals surface area (Å²) in [7, 11) is 1.49. The van der Waals surface area contributed by atoms with Crippen LogP contribution in [0.25, 0.3) is 0 Å². The van der Waals surface area contributed by atoms with Crippen molar-refractivity contribution in [1.82, 2.24) is 10.6 Å². The number of amides is 2. The number of methoxy groups -OCH3 is 1. The molecular formula is C25H29FN2O5. The molecule has 33 heavy (non-hydrogen) atoms. The van der Waals surface area contributed by atoms with Gasteiger partial charge in [-0.05, 0) is 31.9 Å². The third kappa shape index (κ3) is 5.63. The van der Waals surface area contributed by atoms with E-state index in [1.54, 1.807) is 43.3 Å². The second kappa shape index (κ2) is 11.4. The molecule has 1 aliphatic heterocycles. The molecule has 8 heteroatoms. The van der Waals surface area contributed by atoms with Gasteiger partial charge in [-0.15, -0.1) is 0 Å². The molecule has 176 valence electrons. The Morgan fingerprint density at radius 1 is 1.12 bits per heavy atom. The van der Waals surface area contributed by atoms with Crippen molar-refractivity contribution < 1.29 is 28.2 Å². The molecule has 0 aliphatic carbocycles. The Morgan fingerprint density at radius 3 is 2.61 bits per heavy atom. The minimum atomic E-state index is -0.824. The standard InChI is InChI=1S/C25H29FN2O5/c1-4-6-13-19-21(24(29)32-5-2)22(28-25(30)27-19)17-11-9-14-20(31-3)23(17)33-15-16-10-7-8-12-18(16)26/h7-12,14,22H,4-6,13,15H2,1-3H3,(H2,27,28,30). The molecule has 7 nitrogen and oxygen atoms in total. The topological polar surface area (TPSA) is 85.9 Å². The molecule has 3 rings (SSSR count). The first kappa shape index (κ1) is 24.1. The van der Waals surface area contributed by atoms with Gasteiger partial charge in [0.15, 0.2) is 11.5 Å². The van der Waals surface area contributed by atoms with E-state index >= 15 is 0 Å². The maximum atomic E-state index is 14.2. The van der Waals surface area contributed by atoms with Crippen molar-refractivity contribution in [1.29, 1.82) is 0 Å². The van der Waals surface area contributed by atoms with E-state index < -0.39 is 23.9 Å². The lowest BCUT2D eigenvalue weighted by atomic mass is 9.92. The third-order valence-corrected chi connectivity index (χ3v) is 5.30. The summed E-state index contributed by atoms with van der Waals surface area (Å²) in [6, 6.07) is 10.2. The zero-order chi connectivity index (χ0) is 23.8. The monoisotopic (exact) mass is 456 g/mol. The zero-order valence-corrected chi connectivity index (χ0v) is 19.1. The van der Waals surface area contributed by atoms with E-state index in [1.165, 1.54) is 13.2 Å². The van der Waals surface area contributed by atoms with E-state index in [4.69, 9.17) is 14.2 Å². The highest BCUT2D eigenvalue weighted by molar-refractivity contribution is 5.95. The van der Waals surface area contributed by atoms with Crippen molar-refractivity contribution in [2.75, 3.05) is 13.7 Å². The van der Waals surface area contributed by atoms with Crippen molar-refractivity contribution in [2.45, 2.75) is 45.8 Å². The Labute approximate surface area is 192 Å². The van der Waals surface area contributed by atoms with Gasteiger partial charge < -0.3 is 24.8 Å². The van der Waals surface area contributed by atoms with Crippen molar-refractivity contribution in [3.63, 3.8) is 0 Å². The van der Waals surface area contributed by atoms with Gasteiger partial charge >= 0.3 is 12.0 Å². The van der Waals surface area contributed by atoms with Crippen LogP contribution < -0.4 is 20.1 Å². The number of ether oxygens (including phenoxy) is 3. The molecule has 2 aromatic carbocycles. The van der Waals surface area contributed by atoms with Crippen LogP contribution in [0.4, 0.5) is 9.18 Å². The molecule has 1 unspecified atom stereocenters. The van der Waals surface area contributed by atoms with Crippen LogP contribution in [0.1, 0.15) is 50.3 Å². The van der Waals surface area contributed by atoms with Gasteiger partial charge in [0.05, 0.1) is 25.3 Å². The first-order chi connectivity index (χ1) is 16.0. The molecule has 0 radical (unpaired) electrons. The number of carbonyl (C=O) groups is 2. The summed E-state index contributed by atoms with van der Waals surface area (Å²) in [5, 5.41) is 5.57. The van der Waals surface area contributed by atoms with E-state index in [0.29, 0.717) is 40.3 Å². The Balaban J connectivity index is 2.07. The van der Waals surface area contributed by atoms with E-state index in [9.17, 15) is 14.0 Å². The Bertz CT molecular complexity index is 1040. The first-order valence-corrected chi connectivity index (χ1v) is 11.0. The van der Waals surface area contributed by atoms with Gasteiger partial charge in [-0.25, -0.2) is 14.0 Å². The van der Waals surface area contributed by atoms with Crippen LogP contribution in [0.3, 0.4) is 0 Å². The predicted molar refractivity (Wildman–Crippen MR) is 121 cm³/mol. The highest BCUT2D eigenvalue weighted by Gasteiger charge is 2.35. The van der Waals surface area contributed by atoms with Gasteiger partial charge in [-0.2, -0.15) is 0 Å². The van der Waals surface area contributed by atoms with E-state index in [2.05, 4.69) is 10.6 Å². The van der Waals surface area contributed by atoms with Gasteiger partial charge in [-0.3, -0.25) is 0 Å². The number of esters is 1. The molecule has 0 saturated heterocycles. The zero-order valence-electron chi connectivity index (χ0n) is 19.1. The molecule has 1 aliphatic rings. The first-order valence-electron chi connectivity index (χ1n) is 11.0. The van der Waals surface area contributed by atoms with Crippen LogP contribution in [-0.4, -0.2) is 25.7 Å². The average Bonchev–Trinajstić information content (AvgIpc) is 2.81. The third-order valence-electron chi connectivity index (χ3n) is 5.30. The fourth-order valence-electron chi connectivity index (χ4n) is 3.69. The minimum Gasteiger partial charge on any atom is -0.493 e. The molecule has 2 aromatic rings. The number of hydrogen-bond donors (Lipinski definition) is 2. The SMILES string of the molecule is CCCCC1=C(C(=O)OCC)C(c2cccc(OC)c2OCc2ccccc2F)NC(=O)N1. The molecule has 1 heterocycles. The fraction of sp³-hybridized carbons (Fsp3) is 0.360. The van der Waals surface area contributed by atoms with Gasteiger partial charge in [0.1, 0.15) is 12.4 Å². The quantitative estimate of drug-likeness (QED) is 0.503. The fourth-order valence-corrected chi connectivity index (χ4v) is 3.69. The normalized spacial score (nSPS) is 15.5. The van der Waals surface area contributed by atoms with Crippen LogP contribution in [0, 0.1) is 5.82 Å². The summed E-state index contributed by atoms with van der Waals surface area (Å²) >= 11 is 0. The molecule has 0 fully saturated rings. The van der Waals surface area contributed by atoms with Crippen molar-refractivity contribution >= 4 is 12.0 Å². The smallest absolute Gasteiger partial charge is 0.338 e. The number of urea groups is 1. The molecular weight excluding hydrogens is 427 g/mol. The number of unbranched alkanes of at least 4 members (excludes halogenated alkanes) is 1. The number of benzene rings is 2. The van der Waals surface area contributed by atoms with Gasteiger partial charge in [-0.1, -0.05) is 43.7 Å². The number of para-hydroxylation sites is 1. The molecule has 2 amide bonds. The van der Waals surface area contributed by atoms with Gasteiger partial charge in [0.25, 0.3) is 0 Å². The van der Waals surface area contributed by atoms with Gasteiger partial charge in [0.2, 0.25) is 0 Å². The minimum absolute atomic E-state index is 0.0554. The Kier molecular flexibility index (Phi) is 8.29. The number of rotatable bonds is 10. The van der Waals surface area contributed by atoms with Gasteiger partial charge in [0, 0.05) is 16.8 Å². The number of halogens is 1. The van der Waals surface area contributed by atoms with Crippen molar-refractivity contribution in [3.8, 4) is 11.5 Å². The maximum absolute atomic E-state index is 14.2. The Hall–Kier alpha value is -3.55. The highest BCUT2D eigenvalue weighted by Crippen LogP contribution is 2.40. The van der Waals surface area contributed by atoms with Crippen molar-refractivity contribution in [2.24, 2.45) is 0 Å². The van der Waals surface area contributed by atoms with E-state index in [1.807, 2.05) is 6.92 Å². The largest absolute Gasteiger partial charge is 0.493 e. The molecule has 0 saturated carbocycles. The second-order valence-electron chi connectivity index (χ2n) is 7.51. The molecule has 1 atom stereocenters.